The molecule has 0 aromatic heterocycles. The maximum absolute atomic E-state index is 13.0. The predicted octanol–water partition coefficient (Wildman–Crippen LogP) is 20.4. The Labute approximate surface area is 479 Å². The van der Waals surface area contributed by atoms with Crippen molar-refractivity contribution in [3.8, 4) is 0 Å². The fourth-order valence-corrected chi connectivity index (χ4v) is 10.8. The van der Waals surface area contributed by atoms with Crippen LogP contribution in [-0.2, 0) is 18.4 Å². The van der Waals surface area contributed by atoms with E-state index in [2.05, 4.69) is 55.6 Å². The van der Waals surface area contributed by atoms with E-state index in [1.165, 1.54) is 263 Å². The lowest BCUT2D eigenvalue weighted by molar-refractivity contribution is -0.870. The lowest BCUT2D eigenvalue weighted by atomic mass is 10.0. The molecule has 77 heavy (non-hydrogen) atoms. The van der Waals surface area contributed by atoms with Crippen LogP contribution in [0.3, 0.4) is 0 Å². The van der Waals surface area contributed by atoms with Crippen molar-refractivity contribution < 1.29 is 32.9 Å². The molecule has 0 aromatic rings. The lowest BCUT2D eigenvalue weighted by Gasteiger charge is -2.29. The summed E-state index contributed by atoms with van der Waals surface area (Å²) < 4.78 is 23.4. The van der Waals surface area contributed by atoms with Gasteiger partial charge in [-0.3, -0.25) is 9.36 Å². The van der Waals surface area contributed by atoms with Crippen molar-refractivity contribution >= 4 is 13.7 Å². The number of phosphoric acid groups is 1. The lowest BCUT2D eigenvalue weighted by Crippen LogP contribution is -2.45. The van der Waals surface area contributed by atoms with Crippen molar-refractivity contribution in [2.75, 3.05) is 40.9 Å². The van der Waals surface area contributed by atoms with Crippen LogP contribution in [-0.4, -0.2) is 68.5 Å². The first-order chi connectivity index (χ1) is 37.5. The second-order valence-electron chi connectivity index (χ2n) is 24.2. The van der Waals surface area contributed by atoms with Gasteiger partial charge in [0.1, 0.15) is 13.2 Å². The molecule has 9 heteroatoms. The third kappa shape index (κ3) is 61.9. The first-order valence-electron chi connectivity index (χ1n) is 33.5. The van der Waals surface area contributed by atoms with E-state index in [9.17, 15) is 19.4 Å². The van der Waals surface area contributed by atoms with Crippen LogP contribution in [0.5, 0.6) is 0 Å². The Morgan fingerprint density at radius 3 is 1.13 bits per heavy atom. The molecule has 0 spiro atoms. The van der Waals surface area contributed by atoms with Crippen LogP contribution in [0.25, 0.3) is 0 Å². The molecule has 3 unspecified atom stereocenters. The summed E-state index contributed by atoms with van der Waals surface area (Å²) >= 11 is 0. The SMILES string of the molecule is CCCCCCCCCCCCCC/C=C/CC/C=C/C(O)C(COP(=O)([O-])OCC[N+](C)(C)C)NC(=O)CCCCCCCCCCCCCCCCCCC/C=C\C/C=C\CCCCCCCCCCCCCCC. The van der Waals surface area contributed by atoms with E-state index in [1.807, 2.05) is 27.2 Å². The van der Waals surface area contributed by atoms with Crippen molar-refractivity contribution in [2.24, 2.45) is 0 Å². The van der Waals surface area contributed by atoms with Gasteiger partial charge in [-0.25, -0.2) is 0 Å². The third-order valence-electron chi connectivity index (χ3n) is 15.3. The van der Waals surface area contributed by atoms with Crippen LogP contribution in [0.2, 0.25) is 0 Å². The van der Waals surface area contributed by atoms with Crippen LogP contribution in [0.1, 0.15) is 328 Å². The normalized spacial score (nSPS) is 14.0. The van der Waals surface area contributed by atoms with Crippen molar-refractivity contribution in [3.05, 3.63) is 48.6 Å². The summed E-state index contributed by atoms with van der Waals surface area (Å²) in [4.78, 5) is 25.5. The molecule has 0 aliphatic heterocycles. The Hall–Kier alpha value is -1.54. The number of carbonyl (C=O) groups excluding carboxylic acids is 1. The number of carbonyl (C=O) groups is 1. The molecule has 0 aliphatic rings. The smallest absolute Gasteiger partial charge is 0.268 e. The van der Waals surface area contributed by atoms with E-state index < -0.39 is 26.6 Å². The van der Waals surface area contributed by atoms with Gasteiger partial charge in [0, 0.05) is 6.42 Å². The number of likely N-dealkylation sites (N-methyl/N-ethyl adjacent to an activating group) is 1. The number of nitrogens with one attached hydrogen (secondary N) is 1. The van der Waals surface area contributed by atoms with Crippen LogP contribution >= 0.6 is 7.82 Å². The van der Waals surface area contributed by atoms with Gasteiger partial charge in [0.25, 0.3) is 7.82 Å². The zero-order chi connectivity index (χ0) is 56.3. The number of quaternary nitrogens is 1. The highest BCUT2D eigenvalue weighted by Gasteiger charge is 2.23. The highest BCUT2D eigenvalue weighted by atomic mass is 31.2. The van der Waals surface area contributed by atoms with Crippen LogP contribution < -0.4 is 10.2 Å². The number of hydrogen-bond acceptors (Lipinski definition) is 6. The maximum Gasteiger partial charge on any atom is 0.268 e. The minimum atomic E-state index is -4.61. The van der Waals surface area contributed by atoms with Gasteiger partial charge in [-0.15, -0.1) is 0 Å². The fourth-order valence-electron chi connectivity index (χ4n) is 10.0. The fraction of sp³-hybridized carbons (Fsp3) is 0.868. The van der Waals surface area contributed by atoms with Crippen molar-refractivity contribution in [1.82, 2.24) is 5.32 Å². The van der Waals surface area contributed by atoms with E-state index in [0.29, 0.717) is 17.4 Å². The summed E-state index contributed by atoms with van der Waals surface area (Å²) in [5.41, 5.74) is 0. The minimum absolute atomic E-state index is 0.00585. The molecule has 0 heterocycles. The van der Waals surface area contributed by atoms with E-state index in [-0.39, 0.29) is 12.5 Å². The molecule has 0 rings (SSSR count). The molecule has 0 bridgehead atoms. The Bertz CT molecular complexity index is 1390. The Balaban J connectivity index is 4.00. The Morgan fingerprint density at radius 2 is 0.766 bits per heavy atom. The summed E-state index contributed by atoms with van der Waals surface area (Å²) in [5.74, 6) is -0.203. The summed E-state index contributed by atoms with van der Waals surface area (Å²) in [6, 6.07) is -0.904. The van der Waals surface area contributed by atoms with E-state index in [4.69, 9.17) is 9.05 Å². The van der Waals surface area contributed by atoms with Crippen LogP contribution in [0, 0.1) is 0 Å². The zero-order valence-electron chi connectivity index (χ0n) is 51.9. The molecule has 0 saturated carbocycles. The van der Waals surface area contributed by atoms with Gasteiger partial charge >= 0.3 is 0 Å². The highest BCUT2D eigenvalue weighted by molar-refractivity contribution is 7.45. The third-order valence-corrected chi connectivity index (χ3v) is 16.2. The summed E-state index contributed by atoms with van der Waals surface area (Å²) in [5, 5.41) is 13.9. The molecular weight excluding hydrogens is 972 g/mol. The number of hydrogen-bond donors (Lipinski definition) is 2. The molecule has 0 radical (unpaired) electrons. The van der Waals surface area contributed by atoms with Gasteiger partial charge in [-0.1, -0.05) is 306 Å². The second kappa shape index (κ2) is 59.1. The topological polar surface area (TPSA) is 108 Å². The number of phosphoric ester groups is 1. The predicted molar refractivity (Wildman–Crippen MR) is 334 cm³/mol. The number of rotatable bonds is 62. The number of unbranched alkanes of at least 4 members (excludes halogenated alkanes) is 43. The number of aliphatic hydroxyl groups is 1. The van der Waals surface area contributed by atoms with E-state index in [1.54, 1.807) is 6.08 Å². The Morgan fingerprint density at radius 1 is 0.455 bits per heavy atom. The van der Waals surface area contributed by atoms with Gasteiger partial charge in [0.2, 0.25) is 5.91 Å². The largest absolute Gasteiger partial charge is 0.756 e. The highest BCUT2D eigenvalue weighted by Crippen LogP contribution is 2.38. The van der Waals surface area contributed by atoms with Crippen molar-refractivity contribution in [1.29, 1.82) is 0 Å². The molecule has 454 valence electrons. The first-order valence-corrected chi connectivity index (χ1v) is 35.0. The molecule has 1 amide bonds. The number of amides is 1. The monoisotopic (exact) mass is 1100 g/mol. The van der Waals surface area contributed by atoms with Gasteiger partial charge in [0.05, 0.1) is 39.9 Å². The van der Waals surface area contributed by atoms with Gasteiger partial charge in [-0.2, -0.15) is 0 Å². The van der Waals surface area contributed by atoms with E-state index in [0.717, 1.165) is 44.9 Å². The molecule has 0 saturated heterocycles. The standard InChI is InChI=1S/C68H131N2O6P/c1-6-8-10-12-14-16-18-20-22-24-26-27-28-29-30-31-32-33-34-35-36-37-38-39-40-41-42-43-44-46-48-50-52-54-56-58-60-62-68(72)69-66(65-76-77(73,74)75-64-63-70(3,4)5)67(71)61-59-57-55-53-51-49-47-45-25-23-21-19-17-15-13-11-9-7-2/h30-31,33-34,51,53,59,61,66-67,71H,6-29,32,35-50,52,54-58,60,62-65H2,1-5H3,(H-,69,72,73,74)/b31-30-,34-33-,53-51+,61-59+. The first kappa shape index (κ1) is 75.5. The van der Waals surface area contributed by atoms with Crippen molar-refractivity contribution in [2.45, 2.75) is 341 Å². The molecule has 0 aromatic carbocycles. The average Bonchev–Trinajstić information content (AvgIpc) is 3.39. The molecule has 0 fully saturated rings. The molecule has 3 atom stereocenters. The van der Waals surface area contributed by atoms with Gasteiger partial charge in [-0.05, 0) is 64.2 Å². The molecule has 2 N–H and O–H groups in total. The number of nitrogens with zero attached hydrogens (tertiary/aromatic N) is 1. The zero-order valence-corrected chi connectivity index (χ0v) is 52.8. The van der Waals surface area contributed by atoms with Crippen molar-refractivity contribution in [3.63, 3.8) is 0 Å². The summed E-state index contributed by atoms with van der Waals surface area (Å²) in [6.07, 6.45) is 79.5. The molecular formula is C68H131N2O6P. The van der Waals surface area contributed by atoms with Gasteiger partial charge in [0.15, 0.2) is 0 Å². The quantitative estimate of drug-likeness (QED) is 0.0272. The average molecular weight is 1100 g/mol. The van der Waals surface area contributed by atoms with E-state index >= 15 is 0 Å². The van der Waals surface area contributed by atoms with Crippen LogP contribution in [0.15, 0.2) is 48.6 Å². The maximum atomic E-state index is 13.0. The minimum Gasteiger partial charge on any atom is -0.756 e. The molecule has 8 nitrogen and oxygen atoms in total. The molecule has 0 aliphatic carbocycles. The Kier molecular flexibility index (Phi) is 57.9. The summed E-state index contributed by atoms with van der Waals surface area (Å²) in [7, 11) is 1.25. The number of allylic oxidation sites excluding steroid dienone is 7. The second-order valence-corrected chi connectivity index (χ2v) is 25.6. The van der Waals surface area contributed by atoms with Gasteiger partial charge < -0.3 is 28.8 Å². The number of aliphatic hydroxyl groups excluding tert-OH is 1. The van der Waals surface area contributed by atoms with Crippen LogP contribution in [0.4, 0.5) is 0 Å². The summed E-state index contributed by atoms with van der Waals surface area (Å²) in [6.45, 7) is 4.67.